The highest BCUT2D eigenvalue weighted by atomic mass is 35.5. The molecule has 1 aliphatic carbocycles. The lowest BCUT2D eigenvalue weighted by atomic mass is 9.78. The van der Waals surface area contributed by atoms with Gasteiger partial charge in [0.05, 0.1) is 5.69 Å². The summed E-state index contributed by atoms with van der Waals surface area (Å²) in [4.78, 5) is 26.2. The van der Waals surface area contributed by atoms with E-state index in [-0.39, 0.29) is 17.0 Å². The highest BCUT2D eigenvalue weighted by Crippen LogP contribution is 2.38. The Hall–Kier alpha value is -2.73. The van der Waals surface area contributed by atoms with Crippen LogP contribution >= 0.6 is 11.6 Å². The van der Waals surface area contributed by atoms with Crippen LogP contribution in [0.2, 0.25) is 5.15 Å². The average Bonchev–Trinajstić information content (AvgIpc) is 3.11. The fourth-order valence-corrected chi connectivity index (χ4v) is 4.87. The van der Waals surface area contributed by atoms with Gasteiger partial charge in [0.15, 0.2) is 0 Å². The first kappa shape index (κ1) is 19.2. The predicted octanol–water partition coefficient (Wildman–Crippen LogP) is 3.98. The molecule has 5 rings (SSSR count). The van der Waals surface area contributed by atoms with Crippen LogP contribution in [-0.4, -0.2) is 25.6 Å². The summed E-state index contributed by atoms with van der Waals surface area (Å²) < 4.78 is 1.76. The Morgan fingerprint density at radius 1 is 1.17 bits per heavy atom. The topological polar surface area (TPSA) is 72.7 Å². The zero-order valence-corrected chi connectivity index (χ0v) is 17.9. The Balaban J connectivity index is 1.41. The van der Waals surface area contributed by atoms with E-state index in [9.17, 15) is 4.79 Å². The molecule has 6 nitrogen and oxygen atoms in total. The molecule has 30 heavy (non-hydrogen) atoms. The van der Waals surface area contributed by atoms with Crippen LogP contribution in [0.5, 0.6) is 0 Å². The Labute approximate surface area is 180 Å². The van der Waals surface area contributed by atoms with Crippen LogP contribution in [0.15, 0.2) is 47.5 Å². The van der Waals surface area contributed by atoms with Crippen LogP contribution in [0, 0.1) is 11.3 Å². The number of hydrogen-bond acceptors (Lipinski definition) is 5. The molecule has 0 radical (unpaired) electrons. The molecule has 0 fully saturated rings. The lowest BCUT2D eigenvalue weighted by Gasteiger charge is -2.42. The van der Waals surface area contributed by atoms with Gasteiger partial charge in [-0.25, -0.2) is 9.97 Å². The van der Waals surface area contributed by atoms with E-state index in [1.165, 1.54) is 5.56 Å². The van der Waals surface area contributed by atoms with Crippen molar-refractivity contribution in [1.29, 1.82) is 0 Å². The molecular weight excluding hydrogens is 398 g/mol. The van der Waals surface area contributed by atoms with E-state index < -0.39 is 0 Å². The van der Waals surface area contributed by atoms with Crippen molar-refractivity contribution in [3.05, 3.63) is 69.5 Å². The van der Waals surface area contributed by atoms with Gasteiger partial charge in [-0.3, -0.25) is 14.3 Å². The fourth-order valence-electron chi connectivity index (χ4n) is 4.71. The normalized spacial score (nSPS) is 21.6. The van der Waals surface area contributed by atoms with Crippen molar-refractivity contribution in [3.63, 3.8) is 0 Å². The molecular formula is C23H24ClN5O. The summed E-state index contributed by atoms with van der Waals surface area (Å²) in [5.74, 6) is 1.15. The second-order valence-electron chi connectivity index (χ2n) is 9.06. The van der Waals surface area contributed by atoms with E-state index in [0.717, 1.165) is 30.5 Å². The lowest BCUT2D eigenvalue weighted by molar-refractivity contribution is 0.206. The number of nitrogens with one attached hydrogen (secondary N) is 1. The standard InChI is InChI=1S/C23H24ClN5O/c1-23(2)13-29-21(30)12-18(15-5-7-25-8-6-15)27-22(29)28-19(23)11-14-9-16-3-4-20(24)26-17(16)10-14/h3-8,12,14,19H,9-11,13H2,1-2H3,(H,27,28). The van der Waals surface area contributed by atoms with Gasteiger partial charge in [0.1, 0.15) is 5.15 Å². The molecule has 0 spiro atoms. The van der Waals surface area contributed by atoms with Gasteiger partial charge in [0, 0.05) is 47.7 Å². The molecule has 2 atom stereocenters. The number of rotatable bonds is 3. The molecule has 0 aromatic carbocycles. The molecule has 0 bridgehead atoms. The Morgan fingerprint density at radius 3 is 2.77 bits per heavy atom. The van der Waals surface area contributed by atoms with Crippen molar-refractivity contribution in [3.8, 4) is 11.3 Å². The maximum absolute atomic E-state index is 12.8. The van der Waals surface area contributed by atoms with E-state index in [2.05, 4.69) is 35.2 Å². The van der Waals surface area contributed by atoms with Crippen molar-refractivity contribution in [2.45, 2.75) is 45.7 Å². The SMILES string of the molecule is CC1(C)Cn2c(nc(-c3ccncc3)cc2=O)NC1CC1Cc2ccc(Cl)nc2C1. The smallest absolute Gasteiger partial charge is 0.255 e. The summed E-state index contributed by atoms with van der Waals surface area (Å²) in [6.07, 6.45) is 6.39. The van der Waals surface area contributed by atoms with E-state index in [1.54, 1.807) is 23.0 Å². The number of nitrogens with zero attached hydrogens (tertiary/aromatic N) is 4. The van der Waals surface area contributed by atoms with Crippen molar-refractivity contribution < 1.29 is 0 Å². The molecule has 1 aliphatic heterocycles. The Bertz CT molecular complexity index is 1160. The quantitative estimate of drug-likeness (QED) is 0.647. The molecule has 3 aromatic heterocycles. The van der Waals surface area contributed by atoms with E-state index in [1.807, 2.05) is 18.2 Å². The monoisotopic (exact) mass is 421 g/mol. The summed E-state index contributed by atoms with van der Waals surface area (Å²) in [7, 11) is 0. The van der Waals surface area contributed by atoms with Crippen molar-refractivity contribution in [2.75, 3.05) is 5.32 Å². The number of hydrogen-bond donors (Lipinski definition) is 1. The average molecular weight is 422 g/mol. The molecule has 2 aliphatic rings. The summed E-state index contributed by atoms with van der Waals surface area (Å²) in [5.41, 5.74) is 3.88. The van der Waals surface area contributed by atoms with Crippen molar-refractivity contribution in [2.24, 2.45) is 11.3 Å². The minimum Gasteiger partial charge on any atom is -0.352 e. The van der Waals surface area contributed by atoms with Crippen molar-refractivity contribution in [1.82, 2.24) is 19.5 Å². The summed E-state index contributed by atoms with van der Waals surface area (Å²) in [6, 6.07) is 9.54. The zero-order valence-electron chi connectivity index (χ0n) is 17.1. The molecule has 1 N–H and O–H groups in total. The number of fused-ring (bicyclic) bond motifs is 2. The van der Waals surface area contributed by atoms with Crippen LogP contribution < -0.4 is 10.9 Å². The maximum atomic E-state index is 12.8. The first-order chi connectivity index (χ1) is 14.4. The second kappa shape index (κ2) is 7.20. The van der Waals surface area contributed by atoms with Crippen LogP contribution in [0.1, 0.15) is 31.5 Å². The van der Waals surface area contributed by atoms with Gasteiger partial charge in [-0.15, -0.1) is 0 Å². The first-order valence-electron chi connectivity index (χ1n) is 10.3. The Morgan fingerprint density at radius 2 is 1.97 bits per heavy atom. The zero-order chi connectivity index (χ0) is 20.9. The number of aromatic nitrogens is 4. The molecule has 4 heterocycles. The first-order valence-corrected chi connectivity index (χ1v) is 10.7. The minimum absolute atomic E-state index is 0.0297. The number of pyridine rings is 2. The third kappa shape index (κ3) is 3.49. The van der Waals surface area contributed by atoms with Crippen LogP contribution in [-0.2, 0) is 19.4 Å². The van der Waals surface area contributed by atoms with Crippen LogP contribution in [0.4, 0.5) is 5.95 Å². The maximum Gasteiger partial charge on any atom is 0.255 e. The molecule has 3 aromatic rings. The fraction of sp³-hybridized carbons (Fsp3) is 0.391. The number of anilines is 1. The molecule has 7 heteroatoms. The van der Waals surface area contributed by atoms with E-state index in [4.69, 9.17) is 16.6 Å². The van der Waals surface area contributed by atoms with Gasteiger partial charge in [-0.2, -0.15) is 0 Å². The minimum atomic E-state index is -0.0729. The molecule has 2 unspecified atom stereocenters. The second-order valence-corrected chi connectivity index (χ2v) is 9.45. The largest absolute Gasteiger partial charge is 0.352 e. The number of halogens is 1. The van der Waals surface area contributed by atoms with Gasteiger partial charge in [-0.1, -0.05) is 31.5 Å². The lowest BCUT2D eigenvalue weighted by Crippen LogP contribution is -2.48. The van der Waals surface area contributed by atoms with Gasteiger partial charge in [0.25, 0.3) is 5.56 Å². The van der Waals surface area contributed by atoms with Gasteiger partial charge in [0.2, 0.25) is 5.95 Å². The summed E-state index contributed by atoms with van der Waals surface area (Å²) in [5, 5.41) is 4.15. The van der Waals surface area contributed by atoms with Gasteiger partial charge < -0.3 is 5.32 Å². The summed E-state index contributed by atoms with van der Waals surface area (Å²) >= 11 is 6.08. The molecule has 154 valence electrons. The molecule has 0 amide bonds. The van der Waals surface area contributed by atoms with E-state index in [0.29, 0.717) is 29.3 Å². The van der Waals surface area contributed by atoms with Crippen molar-refractivity contribution >= 4 is 17.5 Å². The highest BCUT2D eigenvalue weighted by molar-refractivity contribution is 6.29. The van der Waals surface area contributed by atoms with Gasteiger partial charge >= 0.3 is 0 Å². The van der Waals surface area contributed by atoms with Crippen LogP contribution in [0.25, 0.3) is 11.3 Å². The third-order valence-corrected chi connectivity index (χ3v) is 6.60. The molecule has 0 saturated heterocycles. The van der Waals surface area contributed by atoms with E-state index >= 15 is 0 Å². The third-order valence-electron chi connectivity index (χ3n) is 6.39. The predicted molar refractivity (Wildman–Crippen MR) is 118 cm³/mol. The summed E-state index contributed by atoms with van der Waals surface area (Å²) in [6.45, 7) is 5.08. The highest BCUT2D eigenvalue weighted by Gasteiger charge is 2.38. The Kier molecular flexibility index (Phi) is 4.62. The van der Waals surface area contributed by atoms with Crippen LogP contribution in [0.3, 0.4) is 0 Å². The van der Waals surface area contributed by atoms with Gasteiger partial charge in [-0.05, 0) is 48.9 Å². The molecule has 0 saturated carbocycles.